The quantitative estimate of drug-likeness (QED) is 0.645. The number of hydrazine groups is 1. The van der Waals surface area contributed by atoms with Crippen LogP contribution in [-0.2, 0) is 6.54 Å². The Kier molecular flexibility index (Phi) is 3.62. The van der Waals surface area contributed by atoms with E-state index in [-0.39, 0.29) is 5.91 Å². The van der Waals surface area contributed by atoms with Crippen molar-refractivity contribution >= 4 is 23.1 Å². The molecule has 0 bridgehead atoms. The van der Waals surface area contributed by atoms with Gasteiger partial charge in [0.05, 0.1) is 12.4 Å². The molecule has 1 fully saturated rings. The highest BCUT2D eigenvalue weighted by atomic mass is 32.1. The zero-order chi connectivity index (χ0) is 13.9. The van der Waals surface area contributed by atoms with Crippen LogP contribution in [0.5, 0.6) is 0 Å². The van der Waals surface area contributed by atoms with E-state index < -0.39 is 0 Å². The van der Waals surface area contributed by atoms with E-state index in [9.17, 15) is 4.79 Å². The van der Waals surface area contributed by atoms with Crippen LogP contribution in [0.3, 0.4) is 0 Å². The molecule has 1 aliphatic rings. The third-order valence-corrected chi connectivity index (χ3v) is 3.93. The molecule has 1 aliphatic carbocycles. The smallest absolute Gasteiger partial charge is 0.274 e. The lowest BCUT2D eigenvalue weighted by Crippen LogP contribution is -2.33. The number of hydrogen-bond donors (Lipinski definition) is 2. The van der Waals surface area contributed by atoms with Gasteiger partial charge in [0.25, 0.3) is 5.91 Å². The Morgan fingerprint density at radius 2 is 2.30 bits per heavy atom. The number of thiophene rings is 1. The van der Waals surface area contributed by atoms with Gasteiger partial charge in [0.15, 0.2) is 5.82 Å². The third kappa shape index (κ3) is 2.78. The molecule has 2 aromatic rings. The van der Waals surface area contributed by atoms with E-state index in [2.05, 4.69) is 20.8 Å². The van der Waals surface area contributed by atoms with Crippen molar-refractivity contribution in [1.29, 1.82) is 0 Å². The number of amides is 1. The maximum absolute atomic E-state index is 12.5. The first-order chi connectivity index (χ1) is 9.78. The number of nitrogens with one attached hydrogen (secondary N) is 1. The number of aromatic nitrogens is 2. The minimum Gasteiger partial charge on any atom is -0.330 e. The number of hydrogen-bond acceptors (Lipinski definition) is 6. The van der Waals surface area contributed by atoms with E-state index in [1.165, 1.54) is 12.4 Å². The Labute approximate surface area is 120 Å². The normalized spacial score (nSPS) is 14.1. The van der Waals surface area contributed by atoms with Crippen LogP contribution in [0, 0.1) is 0 Å². The first-order valence-electron chi connectivity index (χ1n) is 6.38. The second-order valence-corrected chi connectivity index (χ2v) is 5.51. The fourth-order valence-electron chi connectivity index (χ4n) is 1.99. The highest BCUT2D eigenvalue weighted by molar-refractivity contribution is 7.07. The average molecular weight is 289 g/mol. The Bertz CT molecular complexity index is 579. The molecule has 0 aromatic carbocycles. The predicted octanol–water partition coefficient (Wildman–Crippen LogP) is 1.63. The monoisotopic (exact) mass is 289 g/mol. The molecule has 1 amide bonds. The average Bonchev–Trinajstić information content (AvgIpc) is 3.21. The minimum absolute atomic E-state index is 0.0743. The van der Waals surface area contributed by atoms with Crippen LogP contribution in [-0.4, -0.2) is 26.8 Å². The molecule has 2 aromatic heterocycles. The van der Waals surface area contributed by atoms with E-state index in [1.807, 2.05) is 16.3 Å². The number of rotatable bonds is 5. The lowest BCUT2D eigenvalue weighted by molar-refractivity contribution is 0.0723. The number of carbonyl (C=O) groups excluding carboxylic acids is 1. The molecule has 104 valence electrons. The Morgan fingerprint density at radius 1 is 1.45 bits per heavy atom. The topological polar surface area (TPSA) is 84.1 Å². The summed E-state index contributed by atoms with van der Waals surface area (Å²) in [6, 6.07) is 2.37. The molecule has 0 saturated heterocycles. The van der Waals surface area contributed by atoms with Gasteiger partial charge in [0.1, 0.15) is 5.69 Å². The second-order valence-electron chi connectivity index (χ2n) is 4.73. The zero-order valence-corrected chi connectivity index (χ0v) is 11.6. The van der Waals surface area contributed by atoms with Gasteiger partial charge in [-0.3, -0.25) is 4.79 Å². The highest BCUT2D eigenvalue weighted by Gasteiger charge is 2.33. The molecule has 0 spiro atoms. The summed E-state index contributed by atoms with van der Waals surface area (Å²) < 4.78 is 0. The molecular weight excluding hydrogens is 274 g/mol. The molecule has 20 heavy (non-hydrogen) atoms. The van der Waals surface area contributed by atoms with Crippen molar-refractivity contribution in [3.63, 3.8) is 0 Å². The molecule has 0 unspecified atom stereocenters. The van der Waals surface area contributed by atoms with Gasteiger partial charge in [-0.15, -0.1) is 0 Å². The maximum Gasteiger partial charge on any atom is 0.274 e. The highest BCUT2D eigenvalue weighted by Crippen LogP contribution is 2.29. The van der Waals surface area contributed by atoms with Crippen molar-refractivity contribution in [3.8, 4) is 0 Å². The van der Waals surface area contributed by atoms with Crippen molar-refractivity contribution in [1.82, 2.24) is 14.9 Å². The lowest BCUT2D eigenvalue weighted by Gasteiger charge is -2.21. The predicted molar refractivity (Wildman–Crippen MR) is 77.1 cm³/mol. The summed E-state index contributed by atoms with van der Waals surface area (Å²) in [7, 11) is 0. The van der Waals surface area contributed by atoms with E-state index in [1.54, 1.807) is 11.3 Å². The van der Waals surface area contributed by atoms with Crippen LogP contribution in [0.25, 0.3) is 0 Å². The summed E-state index contributed by atoms with van der Waals surface area (Å²) in [6.07, 6.45) is 5.04. The molecule has 7 heteroatoms. The number of carbonyl (C=O) groups is 1. The van der Waals surface area contributed by atoms with E-state index in [4.69, 9.17) is 5.84 Å². The molecular formula is C13H15N5OS. The minimum atomic E-state index is -0.0743. The van der Waals surface area contributed by atoms with Crippen molar-refractivity contribution in [3.05, 3.63) is 40.5 Å². The maximum atomic E-state index is 12.5. The molecule has 3 N–H and O–H groups in total. The van der Waals surface area contributed by atoms with Crippen LogP contribution in [0.2, 0.25) is 0 Å². The first-order valence-corrected chi connectivity index (χ1v) is 7.33. The largest absolute Gasteiger partial charge is 0.330 e. The van der Waals surface area contributed by atoms with Gasteiger partial charge in [-0.25, -0.2) is 15.8 Å². The summed E-state index contributed by atoms with van der Waals surface area (Å²) in [5.41, 5.74) is 3.91. The SMILES string of the molecule is NNc1cnc(C(=O)N(Cc2ccsc2)C2CC2)cn1. The summed E-state index contributed by atoms with van der Waals surface area (Å²) in [6.45, 7) is 0.631. The van der Waals surface area contributed by atoms with Crippen molar-refractivity contribution < 1.29 is 4.79 Å². The fraction of sp³-hybridized carbons (Fsp3) is 0.308. The summed E-state index contributed by atoms with van der Waals surface area (Å²) in [5.74, 6) is 5.61. The van der Waals surface area contributed by atoms with Gasteiger partial charge in [0, 0.05) is 12.6 Å². The van der Waals surface area contributed by atoms with Crippen LogP contribution < -0.4 is 11.3 Å². The first kappa shape index (κ1) is 13.0. The summed E-state index contributed by atoms with van der Waals surface area (Å²) in [5, 5.41) is 4.09. The molecule has 2 heterocycles. The van der Waals surface area contributed by atoms with Crippen LogP contribution in [0.1, 0.15) is 28.9 Å². The van der Waals surface area contributed by atoms with Gasteiger partial charge in [-0.05, 0) is 35.2 Å². The van der Waals surface area contributed by atoms with Gasteiger partial charge in [-0.1, -0.05) is 0 Å². The third-order valence-electron chi connectivity index (χ3n) is 3.20. The lowest BCUT2D eigenvalue weighted by atomic mass is 10.2. The van der Waals surface area contributed by atoms with Gasteiger partial charge < -0.3 is 10.3 Å². The number of nitrogens with zero attached hydrogens (tertiary/aromatic N) is 3. The molecule has 0 radical (unpaired) electrons. The van der Waals surface area contributed by atoms with Gasteiger partial charge >= 0.3 is 0 Å². The number of nitrogen functional groups attached to an aromatic ring is 1. The Morgan fingerprint density at radius 3 is 2.85 bits per heavy atom. The number of anilines is 1. The molecule has 1 saturated carbocycles. The zero-order valence-electron chi connectivity index (χ0n) is 10.8. The standard InChI is InChI=1S/C13H15N5OS/c14-17-12-6-15-11(5-16-12)13(19)18(10-1-2-10)7-9-3-4-20-8-9/h3-6,8,10H,1-2,7,14H2,(H,16,17). The van der Waals surface area contributed by atoms with Crippen molar-refractivity contribution in [2.24, 2.45) is 5.84 Å². The molecule has 6 nitrogen and oxygen atoms in total. The van der Waals surface area contributed by atoms with E-state index >= 15 is 0 Å². The molecule has 0 atom stereocenters. The van der Waals surface area contributed by atoms with Crippen molar-refractivity contribution in [2.45, 2.75) is 25.4 Å². The van der Waals surface area contributed by atoms with Crippen molar-refractivity contribution in [2.75, 3.05) is 5.43 Å². The van der Waals surface area contributed by atoms with Gasteiger partial charge in [-0.2, -0.15) is 11.3 Å². The number of nitrogens with two attached hydrogens (primary N) is 1. The van der Waals surface area contributed by atoms with E-state index in [0.29, 0.717) is 24.1 Å². The summed E-state index contributed by atoms with van der Waals surface area (Å²) in [4.78, 5) is 22.6. The Hall–Kier alpha value is -1.99. The van der Waals surface area contributed by atoms with Crippen LogP contribution in [0.4, 0.5) is 5.82 Å². The Balaban J connectivity index is 1.77. The van der Waals surface area contributed by atoms with Crippen LogP contribution in [0.15, 0.2) is 29.2 Å². The molecule has 0 aliphatic heterocycles. The second kappa shape index (κ2) is 5.56. The van der Waals surface area contributed by atoms with E-state index in [0.717, 1.165) is 18.4 Å². The fourth-order valence-corrected chi connectivity index (χ4v) is 2.65. The van der Waals surface area contributed by atoms with Crippen LogP contribution >= 0.6 is 11.3 Å². The van der Waals surface area contributed by atoms with Gasteiger partial charge in [0.2, 0.25) is 0 Å². The summed E-state index contributed by atoms with van der Waals surface area (Å²) >= 11 is 1.64. The molecule has 3 rings (SSSR count).